The van der Waals surface area contributed by atoms with Crippen molar-refractivity contribution >= 4 is 66.4 Å². The highest BCUT2D eigenvalue weighted by Crippen LogP contribution is 2.54. The van der Waals surface area contributed by atoms with Crippen LogP contribution in [-0.4, -0.2) is 113 Å². The van der Waals surface area contributed by atoms with Crippen molar-refractivity contribution in [3.8, 4) is 23.3 Å². The zero-order valence-corrected chi connectivity index (χ0v) is 59.5. The van der Waals surface area contributed by atoms with E-state index in [9.17, 15) is 36.6 Å². The number of amides is 2. The Kier molecular flexibility index (Phi) is 19.4. The minimum atomic E-state index is -4.01. The Morgan fingerprint density at radius 3 is 1.35 bits per heavy atom. The van der Waals surface area contributed by atoms with Crippen LogP contribution >= 0.6 is 23.2 Å². The molecule has 2 spiro atoms. The third-order valence-electron chi connectivity index (χ3n) is 23.1. The molecule has 0 saturated heterocycles. The summed E-state index contributed by atoms with van der Waals surface area (Å²) in [6.07, 6.45) is 20.7. The standard InChI is InChI=1S/2C38H44ClN3O6S/c2*1-24-6-4-17-38(44,29-10-15-35(47-3)40-20-29)32-12-8-28(32)21-42-22-37(16-5-7-26-18-30(39)11-13-31(26)37)23-48-34-14-9-27(19-33(34)42)36(43)41-49(45,46)25(24)2/h2*4,9-11,13-15,17-20,24-25,28,32,44H,5-8,12,16,21-23H2,1-3H3,(H,41,43)/b2*17-4+/t24-,25+,28-,32+,37-,38+;24-,25+,28-,32+,37-,38-/m00/s1. The van der Waals surface area contributed by atoms with Crippen molar-refractivity contribution in [3.63, 3.8) is 0 Å². The molecule has 98 heavy (non-hydrogen) atoms. The number of fused-ring (bicyclic) bond motifs is 8. The number of pyridine rings is 2. The van der Waals surface area contributed by atoms with Crippen molar-refractivity contribution in [1.82, 2.24) is 19.4 Å². The fourth-order valence-corrected chi connectivity index (χ4v) is 19.6. The van der Waals surface area contributed by atoms with Gasteiger partial charge in [0.25, 0.3) is 11.8 Å². The van der Waals surface area contributed by atoms with Gasteiger partial charge < -0.3 is 39.0 Å². The summed E-state index contributed by atoms with van der Waals surface area (Å²) in [6, 6.07) is 29.9. The first-order chi connectivity index (χ1) is 46.8. The van der Waals surface area contributed by atoms with Gasteiger partial charge in [-0.25, -0.2) is 36.2 Å². The lowest BCUT2D eigenvalue weighted by Crippen LogP contribution is -2.51. The van der Waals surface area contributed by atoms with E-state index in [4.69, 9.17) is 42.1 Å². The van der Waals surface area contributed by atoms with Crippen LogP contribution in [0, 0.1) is 35.5 Å². The van der Waals surface area contributed by atoms with Gasteiger partial charge in [0.15, 0.2) is 0 Å². The lowest BCUT2D eigenvalue weighted by Gasteiger charge is -2.49. The van der Waals surface area contributed by atoms with Gasteiger partial charge in [0.1, 0.15) is 22.7 Å². The summed E-state index contributed by atoms with van der Waals surface area (Å²) in [5.74, 6) is 0.179. The lowest BCUT2D eigenvalue weighted by atomic mass is 9.62. The monoisotopic (exact) mass is 1410 g/mol. The van der Waals surface area contributed by atoms with Crippen molar-refractivity contribution in [2.75, 3.05) is 63.4 Å². The van der Waals surface area contributed by atoms with Crippen molar-refractivity contribution < 1.29 is 55.6 Å². The fraction of sp³-hybridized carbons (Fsp3) is 0.474. The highest BCUT2D eigenvalue weighted by Gasteiger charge is 2.52. The van der Waals surface area contributed by atoms with Gasteiger partial charge in [-0.3, -0.25) is 9.59 Å². The molecule has 520 valence electrons. The van der Waals surface area contributed by atoms with Crippen molar-refractivity contribution in [2.24, 2.45) is 35.5 Å². The van der Waals surface area contributed by atoms with E-state index in [1.54, 1.807) is 89.0 Å². The van der Waals surface area contributed by atoms with Crippen molar-refractivity contribution in [3.05, 3.63) is 188 Å². The van der Waals surface area contributed by atoms with Gasteiger partial charge in [-0.2, -0.15) is 0 Å². The molecule has 6 aromatic rings. The fourth-order valence-electron chi connectivity index (χ4n) is 16.6. The van der Waals surface area contributed by atoms with Gasteiger partial charge in [-0.15, -0.1) is 0 Å². The number of carbonyl (C=O) groups is 2. The Hall–Kier alpha value is -7.20. The number of hydrogen-bond acceptors (Lipinski definition) is 16. The Balaban J connectivity index is 0.000000176. The van der Waals surface area contributed by atoms with Crippen molar-refractivity contribution in [1.29, 1.82) is 0 Å². The molecule has 8 aliphatic rings. The van der Waals surface area contributed by atoms with Gasteiger partial charge in [-0.05, 0) is 210 Å². The first kappa shape index (κ1) is 69.3. The topological polar surface area (TPSA) is 236 Å². The van der Waals surface area contributed by atoms with Crippen LogP contribution in [0.25, 0.3) is 0 Å². The molecule has 6 heterocycles. The Morgan fingerprint density at radius 2 is 0.980 bits per heavy atom. The van der Waals surface area contributed by atoms with Gasteiger partial charge in [0, 0.05) is 106 Å². The number of carbonyl (C=O) groups excluding carboxylic acids is 2. The Bertz CT molecular complexity index is 4040. The van der Waals surface area contributed by atoms with Crippen LogP contribution in [0.3, 0.4) is 0 Å². The smallest absolute Gasteiger partial charge is 0.264 e. The summed E-state index contributed by atoms with van der Waals surface area (Å²) in [4.78, 5) is 40.5. The van der Waals surface area contributed by atoms with E-state index in [0.29, 0.717) is 96.7 Å². The molecule has 4 aliphatic heterocycles. The number of hydrogen-bond donors (Lipinski definition) is 4. The predicted molar refractivity (Wildman–Crippen MR) is 380 cm³/mol. The molecule has 14 rings (SSSR count). The number of allylic oxidation sites excluding steroid dienone is 2. The number of aliphatic hydroxyl groups is 2. The number of methoxy groups -OCH3 is 2. The molecule has 0 unspecified atom stereocenters. The quantitative estimate of drug-likeness (QED) is 0.120. The number of nitrogens with one attached hydrogen (secondary N) is 2. The summed E-state index contributed by atoms with van der Waals surface area (Å²) in [5, 5.41) is 24.9. The molecule has 4 bridgehead atoms. The number of sulfonamides is 2. The van der Waals surface area contributed by atoms with E-state index in [0.717, 1.165) is 75.6 Å². The minimum absolute atomic E-state index is 0.107. The second-order valence-electron chi connectivity index (χ2n) is 28.9. The SMILES string of the molecule is COc1ccc([C@@]2(O)/C=C/C[C@H](C)[C@@H](C)S(=O)(=O)NC(=O)c3ccc4c(c3)N(C[C@@H]3CC[C@H]32)C[C@@]2(CCCc3cc(Cl)ccc32)CO4)cn1.COc1ccc([C@]2(O)/C=C/C[C@H](C)[C@@H](C)S(=O)(=O)NC(=O)c3ccc4c(c3)N(C[C@@H]3CC[C@H]32)C[C@@]2(CCCc3cc(Cl)ccc32)CO4)cn1. The van der Waals surface area contributed by atoms with Crippen LogP contribution in [-0.2, 0) is 54.9 Å². The lowest BCUT2D eigenvalue weighted by molar-refractivity contribution is -0.0505. The van der Waals surface area contributed by atoms with Crippen LogP contribution in [0.15, 0.2) is 134 Å². The zero-order valence-electron chi connectivity index (χ0n) is 56.4. The van der Waals surface area contributed by atoms with Gasteiger partial charge >= 0.3 is 0 Å². The summed E-state index contributed by atoms with van der Waals surface area (Å²) >= 11 is 12.9. The molecular formula is C76H88Cl2N6O12S2. The van der Waals surface area contributed by atoms with E-state index in [1.807, 2.05) is 62.4 Å². The second kappa shape index (κ2) is 27.4. The normalized spacial score (nSPS) is 31.6. The first-order valence-corrected chi connectivity index (χ1v) is 38.2. The average molecular weight is 1410 g/mol. The molecule has 2 saturated carbocycles. The number of aryl methyl sites for hydroxylation is 2. The number of anilines is 2. The predicted octanol–water partition coefficient (Wildman–Crippen LogP) is 12.3. The molecule has 2 amide bonds. The first-order valence-electron chi connectivity index (χ1n) is 34.4. The number of rotatable bonds is 4. The maximum atomic E-state index is 13.5. The Morgan fingerprint density at radius 1 is 0.561 bits per heavy atom. The molecule has 0 radical (unpaired) electrons. The average Bonchev–Trinajstić information content (AvgIpc) is 1.20. The molecule has 2 aromatic heterocycles. The maximum absolute atomic E-state index is 13.5. The molecule has 4 aliphatic carbocycles. The van der Waals surface area contributed by atoms with Gasteiger partial charge in [-0.1, -0.05) is 73.5 Å². The molecule has 4 aromatic carbocycles. The van der Waals surface area contributed by atoms with Crippen LogP contribution in [0.4, 0.5) is 11.4 Å². The summed E-state index contributed by atoms with van der Waals surface area (Å²) in [7, 11) is -4.90. The van der Waals surface area contributed by atoms with Crippen molar-refractivity contribution in [2.45, 2.75) is 137 Å². The molecule has 22 heteroatoms. The third kappa shape index (κ3) is 13.3. The maximum Gasteiger partial charge on any atom is 0.264 e. The second-order valence-corrected chi connectivity index (χ2v) is 33.8. The van der Waals surface area contributed by atoms with Crippen LogP contribution in [0.5, 0.6) is 23.3 Å². The number of aromatic nitrogens is 2. The molecular weight excluding hydrogens is 1320 g/mol. The number of ether oxygens (including phenoxy) is 4. The van der Waals surface area contributed by atoms with Crippen LogP contribution < -0.4 is 38.2 Å². The highest BCUT2D eigenvalue weighted by atomic mass is 35.5. The number of nitrogens with zero attached hydrogens (tertiary/aromatic N) is 4. The van der Waals surface area contributed by atoms with Gasteiger partial charge in [0.05, 0.1) is 49.3 Å². The van der Waals surface area contributed by atoms with Crippen LogP contribution in [0.2, 0.25) is 10.0 Å². The highest BCUT2D eigenvalue weighted by molar-refractivity contribution is 7.91. The van der Waals surface area contributed by atoms with E-state index in [1.165, 1.54) is 22.3 Å². The summed E-state index contributed by atoms with van der Waals surface area (Å²) in [5.41, 5.74) is 4.88. The van der Waals surface area contributed by atoms with Crippen LogP contribution in [0.1, 0.15) is 146 Å². The third-order valence-corrected chi connectivity index (χ3v) is 27.4. The molecule has 4 N–H and O–H groups in total. The number of halogens is 2. The minimum Gasteiger partial charge on any atom is -0.490 e. The zero-order chi connectivity index (χ0) is 69.1. The molecule has 12 atom stereocenters. The van der Waals surface area contributed by atoms with E-state index in [-0.39, 0.29) is 57.5 Å². The van der Waals surface area contributed by atoms with E-state index >= 15 is 0 Å². The summed E-state index contributed by atoms with van der Waals surface area (Å²) in [6.45, 7) is 10.3. The number of benzene rings is 4. The molecule has 18 nitrogen and oxygen atoms in total. The Labute approximate surface area is 585 Å². The molecule has 2 fully saturated rings. The summed E-state index contributed by atoms with van der Waals surface area (Å²) < 4.78 is 82.3. The van der Waals surface area contributed by atoms with E-state index in [2.05, 4.69) is 53.5 Å². The largest absolute Gasteiger partial charge is 0.490 e. The van der Waals surface area contributed by atoms with Gasteiger partial charge in [0.2, 0.25) is 31.8 Å². The van der Waals surface area contributed by atoms with E-state index < -0.39 is 53.6 Å².